The molecule has 7 heteroatoms. The summed E-state index contributed by atoms with van der Waals surface area (Å²) >= 11 is 11.1. The molecule has 0 fully saturated rings. The second-order valence-electron chi connectivity index (χ2n) is 4.40. The number of ether oxygens (including phenoxy) is 2. The number of benzene rings is 1. The number of nitrogens with one attached hydrogen (secondary N) is 1. The van der Waals surface area contributed by atoms with Crippen LogP contribution in [0.15, 0.2) is 24.3 Å². The Morgan fingerprint density at radius 3 is 2.50 bits per heavy atom. The van der Waals surface area contributed by atoms with Crippen molar-refractivity contribution in [1.29, 1.82) is 0 Å². The van der Waals surface area contributed by atoms with Crippen LogP contribution >= 0.6 is 23.2 Å². The van der Waals surface area contributed by atoms with Gasteiger partial charge in [0, 0.05) is 6.42 Å². The highest BCUT2D eigenvalue weighted by Gasteiger charge is 2.14. The molecule has 1 N–H and O–H groups in total. The normalized spacial score (nSPS) is 10.4. The van der Waals surface area contributed by atoms with Gasteiger partial charge in [-0.25, -0.2) is 0 Å². The molecule has 0 spiro atoms. The van der Waals surface area contributed by atoms with E-state index in [4.69, 9.17) is 32.7 Å². The van der Waals surface area contributed by atoms with Crippen molar-refractivity contribution in [2.75, 3.05) is 23.7 Å². The number of esters is 1. The second-order valence-corrected chi connectivity index (χ2v) is 5.02. The fourth-order valence-electron chi connectivity index (χ4n) is 1.63. The Balaban J connectivity index is 2.45. The predicted octanol–water partition coefficient (Wildman–Crippen LogP) is 3.19. The van der Waals surface area contributed by atoms with Crippen molar-refractivity contribution in [2.24, 2.45) is 0 Å². The summed E-state index contributed by atoms with van der Waals surface area (Å²) in [6.45, 7) is 2.36. The van der Waals surface area contributed by atoms with E-state index in [-0.39, 0.29) is 30.5 Å². The zero-order valence-electron chi connectivity index (χ0n) is 12.3. The summed E-state index contributed by atoms with van der Waals surface area (Å²) in [5.74, 6) is 0.0500. The van der Waals surface area contributed by atoms with E-state index in [1.54, 1.807) is 18.2 Å². The first-order chi connectivity index (χ1) is 10.6. The van der Waals surface area contributed by atoms with Crippen molar-refractivity contribution in [3.05, 3.63) is 24.3 Å². The van der Waals surface area contributed by atoms with E-state index in [0.29, 0.717) is 18.0 Å². The average molecular weight is 348 g/mol. The van der Waals surface area contributed by atoms with Crippen molar-refractivity contribution in [1.82, 2.24) is 0 Å². The van der Waals surface area contributed by atoms with Crippen molar-refractivity contribution >= 4 is 40.8 Å². The third-order valence-corrected chi connectivity index (χ3v) is 3.35. The molecule has 1 amide bonds. The summed E-state index contributed by atoms with van der Waals surface area (Å²) in [6, 6.07) is 7.10. The van der Waals surface area contributed by atoms with E-state index < -0.39 is 12.1 Å². The zero-order valence-corrected chi connectivity index (χ0v) is 13.8. The van der Waals surface area contributed by atoms with Crippen LogP contribution in [0.4, 0.5) is 5.69 Å². The topological polar surface area (TPSA) is 64.6 Å². The van der Waals surface area contributed by atoms with Crippen LogP contribution in [0.5, 0.6) is 5.75 Å². The van der Waals surface area contributed by atoms with Crippen LogP contribution in [0.25, 0.3) is 0 Å². The van der Waals surface area contributed by atoms with Gasteiger partial charge in [0.2, 0.25) is 5.91 Å². The summed E-state index contributed by atoms with van der Waals surface area (Å²) in [5.41, 5.74) is 0.571. The van der Waals surface area contributed by atoms with Crippen LogP contribution in [0.1, 0.15) is 19.8 Å². The number of hydrogen-bond donors (Lipinski definition) is 1. The summed E-state index contributed by atoms with van der Waals surface area (Å²) in [4.78, 5) is 23.4. The summed E-state index contributed by atoms with van der Waals surface area (Å²) in [7, 11) is 0. The lowest BCUT2D eigenvalue weighted by molar-refractivity contribution is -0.148. The molecule has 1 aromatic rings. The van der Waals surface area contributed by atoms with E-state index in [9.17, 15) is 9.59 Å². The number of alkyl halides is 2. The highest BCUT2D eigenvalue weighted by atomic mass is 35.5. The van der Waals surface area contributed by atoms with Gasteiger partial charge in [0.25, 0.3) is 0 Å². The average Bonchev–Trinajstić information content (AvgIpc) is 2.52. The monoisotopic (exact) mass is 347 g/mol. The first-order valence-electron chi connectivity index (χ1n) is 6.93. The van der Waals surface area contributed by atoms with Crippen LogP contribution in [0, 0.1) is 0 Å². The first-order valence-corrected chi connectivity index (χ1v) is 8.00. The molecule has 0 aliphatic rings. The van der Waals surface area contributed by atoms with Crippen molar-refractivity contribution in [3.8, 4) is 5.75 Å². The second kappa shape index (κ2) is 10.3. The van der Waals surface area contributed by atoms with Gasteiger partial charge >= 0.3 is 5.97 Å². The Kier molecular flexibility index (Phi) is 8.70. The van der Waals surface area contributed by atoms with E-state index in [0.717, 1.165) is 0 Å². The van der Waals surface area contributed by atoms with Crippen LogP contribution < -0.4 is 10.1 Å². The van der Waals surface area contributed by atoms with Crippen LogP contribution in [-0.4, -0.2) is 36.3 Å². The van der Waals surface area contributed by atoms with Crippen molar-refractivity contribution < 1.29 is 19.1 Å². The van der Waals surface area contributed by atoms with E-state index in [1.807, 2.05) is 13.0 Å². The molecule has 0 aromatic heterocycles. The number of halogens is 2. The summed E-state index contributed by atoms with van der Waals surface area (Å²) < 4.78 is 10.4. The number of amides is 1. The van der Waals surface area contributed by atoms with Gasteiger partial charge in [-0.1, -0.05) is 12.1 Å². The Morgan fingerprint density at radius 2 is 1.86 bits per heavy atom. The molecule has 0 saturated carbocycles. The molecule has 22 heavy (non-hydrogen) atoms. The highest BCUT2D eigenvalue weighted by molar-refractivity contribution is 6.21. The summed E-state index contributed by atoms with van der Waals surface area (Å²) in [5, 5.41) is 2.71. The van der Waals surface area contributed by atoms with Gasteiger partial charge in [0.05, 0.1) is 30.5 Å². The number of rotatable bonds is 9. The maximum absolute atomic E-state index is 11.9. The Hall–Kier alpha value is -1.46. The van der Waals surface area contributed by atoms with Crippen LogP contribution in [-0.2, 0) is 14.3 Å². The number of para-hydroxylation sites is 2. The maximum Gasteiger partial charge on any atom is 0.306 e. The minimum atomic E-state index is -0.530. The van der Waals surface area contributed by atoms with E-state index in [2.05, 4.69) is 5.32 Å². The number of carbonyl (C=O) groups excluding carboxylic acids is 2. The molecule has 5 nitrogen and oxygen atoms in total. The molecule has 0 atom stereocenters. The van der Waals surface area contributed by atoms with Gasteiger partial charge in [0.1, 0.15) is 11.9 Å². The molecule has 1 rings (SSSR count). The molecule has 0 aliphatic heterocycles. The largest absolute Gasteiger partial charge is 0.492 e. The molecule has 0 radical (unpaired) electrons. The Labute approximate surface area is 139 Å². The fourth-order valence-corrected chi connectivity index (χ4v) is 2.08. The molecule has 0 heterocycles. The van der Waals surface area contributed by atoms with Crippen molar-refractivity contribution in [2.45, 2.75) is 25.9 Å². The predicted molar refractivity (Wildman–Crippen MR) is 86.8 cm³/mol. The Bertz CT molecular complexity index is 492. The lowest BCUT2D eigenvalue weighted by Crippen LogP contribution is -2.22. The highest BCUT2D eigenvalue weighted by Crippen LogP contribution is 2.23. The number of carbonyl (C=O) groups is 2. The third-order valence-electron chi connectivity index (χ3n) is 2.66. The molecule has 1 aromatic carbocycles. The molecule has 0 saturated heterocycles. The lowest BCUT2D eigenvalue weighted by atomic mass is 10.2. The van der Waals surface area contributed by atoms with Gasteiger partial charge in [-0.15, -0.1) is 23.2 Å². The van der Waals surface area contributed by atoms with Gasteiger partial charge in [-0.05, 0) is 19.1 Å². The molecule has 0 unspecified atom stereocenters. The quantitative estimate of drug-likeness (QED) is 0.550. The number of anilines is 1. The molecular formula is C15H19Cl2NO4. The number of hydrogen-bond acceptors (Lipinski definition) is 4. The molecule has 0 bridgehead atoms. The SMILES string of the molecule is CCOc1ccccc1NC(=O)CCC(=O)OC(CCl)CCl. The smallest absolute Gasteiger partial charge is 0.306 e. The Morgan fingerprint density at radius 1 is 1.18 bits per heavy atom. The third kappa shape index (κ3) is 6.54. The first kappa shape index (κ1) is 18.6. The maximum atomic E-state index is 11.9. The fraction of sp³-hybridized carbons (Fsp3) is 0.467. The van der Waals surface area contributed by atoms with Crippen LogP contribution in [0.3, 0.4) is 0 Å². The van der Waals surface area contributed by atoms with Crippen LogP contribution in [0.2, 0.25) is 0 Å². The van der Waals surface area contributed by atoms with E-state index >= 15 is 0 Å². The molecule has 122 valence electrons. The standard InChI is InChI=1S/C15H19Cl2NO4/c1-2-21-13-6-4-3-5-12(13)18-14(19)7-8-15(20)22-11(9-16)10-17/h3-6,11H,2,7-10H2,1H3,(H,18,19). The lowest BCUT2D eigenvalue weighted by Gasteiger charge is -2.13. The molecular weight excluding hydrogens is 329 g/mol. The minimum absolute atomic E-state index is 0.0105. The molecule has 0 aliphatic carbocycles. The van der Waals surface area contributed by atoms with Gasteiger partial charge < -0.3 is 14.8 Å². The zero-order chi connectivity index (χ0) is 16.4. The van der Waals surface area contributed by atoms with Gasteiger partial charge in [-0.2, -0.15) is 0 Å². The van der Waals surface area contributed by atoms with Crippen molar-refractivity contribution in [3.63, 3.8) is 0 Å². The van der Waals surface area contributed by atoms with E-state index in [1.165, 1.54) is 0 Å². The van der Waals surface area contributed by atoms with Gasteiger partial charge in [0.15, 0.2) is 0 Å². The summed E-state index contributed by atoms with van der Waals surface area (Å²) in [6.07, 6.45) is -0.554. The van der Waals surface area contributed by atoms with Gasteiger partial charge in [-0.3, -0.25) is 9.59 Å². The minimum Gasteiger partial charge on any atom is -0.492 e.